The maximum Gasteiger partial charge on any atom is 0.416 e. The average molecular weight is 646 g/mol. The van der Waals surface area contributed by atoms with Crippen LogP contribution in [0.3, 0.4) is 0 Å². The van der Waals surface area contributed by atoms with Gasteiger partial charge in [0.1, 0.15) is 5.82 Å². The highest BCUT2D eigenvalue weighted by molar-refractivity contribution is 5.75. The van der Waals surface area contributed by atoms with Gasteiger partial charge in [-0.1, -0.05) is 6.07 Å². The Balaban J connectivity index is 1.56. The Morgan fingerprint density at radius 3 is 2.04 bits per heavy atom. The number of alkyl halides is 6. The Labute approximate surface area is 257 Å². The summed E-state index contributed by atoms with van der Waals surface area (Å²) in [4.78, 5) is 29.9. The summed E-state index contributed by atoms with van der Waals surface area (Å²) in [7, 11) is 1.34. The molecule has 1 saturated carbocycles. The van der Waals surface area contributed by atoms with Crippen molar-refractivity contribution in [2.75, 3.05) is 33.2 Å². The minimum atomic E-state index is -5.02. The molecule has 0 bridgehead atoms. The first kappa shape index (κ1) is 34.5. The SMILES string of the molecule is Cc1cc(F)ccc1[C@H]1CN(CC2CCC(CC(=O)O)CC2)CCN1C(=O)N(C)[C@H](C)c1cc(C(F)(F)F)cc(C(F)(F)F)c1. The van der Waals surface area contributed by atoms with Crippen LogP contribution in [-0.2, 0) is 17.1 Å². The maximum absolute atomic E-state index is 14.0. The molecule has 1 heterocycles. The number of hydrogen-bond acceptors (Lipinski definition) is 3. The Bertz CT molecular complexity index is 1340. The largest absolute Gasteiger partial charge is 0.481 e. The standard InChI is InChI=1S/C32H38F7N3O3/c1-19-12-26(33)8-9-27(19)28-18-41(17-22-6-4-21(5-7-22)13-29(43)44)10-11-42(28)30(45)40(3)20(2)23-14-24(31(34,35)36)16-25(15-23)32(37,38)39/h8-9,12,14-16,20-22,28H,4-7,10-11,13,17-18H2,1-3H3,(H,43,44)/t20-,21?,22?,28-/m1/s1. The Kier molecular flexibility index (Phi) is 10.4. The number of rotatable bonds is 7. The summed E-state index contributed by atoms with van der Waals surface area (Å²) in [5.41, 5.74) is -1.91. The zero-order chi connectivity index (χ0) is 33.3. The van der Waals surface area contributed by atoms with E-state index in [4.69, 9.17) is 5.11 Å². The van der Waals surface area contributed by atoms with Crippen LogP contribution in [0.1, 0.15) is 78.9 Å². The van der Waals surface area contributed by atoms with Gasteiger partial charge in [-0.25, -0.2) is 9.18 Å². The summed E-state index contributed by atoms with van der Waals surface area (Å²) < 4.78 is 95.1. The number of carbonyl (C=O) groups is 2. The summed E-state index contributed by atoms with van der Waals surface area (Å²) in [6, 6.07) is 3.33. The third-order valence-electron chi connectivity index (χ3n) is 9.22. The second-order valence-corrected chi connectivity index (χ2v) is 12.4. The molecule has 45 heavy (non-hydrogen) atoms. The first-order chi connectivity index (χ1) is 20.9. The van der Waals surface area contributed by atoms with Crippen LogP contribution >= 0.6 is 0 Å². The van der Waals surface area contributed by atoms with E-state index in [0.717, 1.165) is 37.1 Å². The van der Waals surface area contributed by atoms with Gasteiger partial charge in [-0.05, 0) is 98.4 Å². The molecule has 6 nitrogen and oxygen atoms in total. The summed E-state index contributed by atoms with van der Waals surface area (Å²) in [6.07, 6.45) is -6.47. The molecule has 4 rings (SSSR count). The topological polar surface area (TPSA) is 64.1 Å². The highest BCUT2D eigenvalue weighted by Crippen LogP contribution is 2.39. The summed E-state index contributed by atoms with van der Waals surface area (Å²) in [6.45, 7) is 4.95. The van der Waals surface area contributed by atoms with Crippen molar-refractivity contribution in [3.05, 3.63) is 70.0 Å². The molecule has 13 heteroatoms. The molecule has 2 fully saturated rings. The number of amides is 2. The number of hydrogen-bond donors (Lipinski definition) is 1. The summed E-state index contributed by atoms with van der Waals surface area (Å²) in [5.74, 6) is -0.747. The van der Waals surface area contributed by atoms with Crippen molar-refractivity contribution >= 4 is 12.0 Å². The van der Waals surface area contributed by atoms with Crippen LogP contribution < -0.4 is 0 Å². The van der Waals surface area contributed by atoms with Crippen molar-refractivity contribution in [3.8, 4) is 0 Å². The van der Waals surface area contributed by atoms with Gasteiger partial charge >= 0.3 is 24.4 Å². The molecule has 248 valence electrons. The molecule has 0 radical (unpaired) electrons. The first-order valence-electron chi connectivity index (χ1n) is 15.0. The fraction of sp³-hybridized carbons (Fsp3) is 0.562. The lowest BCUT2D eigenvalue weighted by Crippen LogP contribution is -2.54. The number of benzene rings is 2. The van der Waals surface area contributed by atoms with Crippen LogP contribution in [0.2, 0.25) is 0 Å². The van der Waals surface area contributed by atoms with E-state index in [1.165, 1.54) is 26.1 Å². The smallest absolute Gasteiger partial charge is 0.416 e. The van der Waals surface area contributed by atoms with E-state index in [1.54, 1.807) is 17.9 Å². The van der Waals surface area contributed by atoms with Crippen molar-refractivity contribution < 1.29 is 45.4 Å². The van der Waals surface area contributed by atoms with Gasteiger partial charge in [0.05, 0.1) is 23.2 Å². The van der Waals surface area contributed by atoms with Gasteiger partial charge < -0.3 is 14.9 Å². The van der Waals surface area contributed by atoms with Crippen molar-refractivity contribution in [1.82, 2.24) is 14.7 Å². The van der Waals surface area contributed by atoms with E-state index in [9.17, 15) is 40.3 Å². The number of aliphatic carboxylic acids is 1. The second kappa shape index (κ2) is 13.6. The molecule has 0 unspecified atom stereocenters. The molecule has 0 aromatic heterocycles. The van der Waals surface area contributed by atoms with Crippen molar-refractivity contribution in [2.24, 2.45) is 11.8 Å². The molecule has 2 aromatic carbocycles. The number of aryl methyl sites for hydroxylation is 1. The number of carbonyl (C=O) groups excluding carboxylic acids is 1. The lowest BCUT2D eigenvalue weighted by Gasteiger charge is -2.45. The number of nitrogens with zero attached hydrogens (tertiary/aromatic N) is 3. The van der Waals surface area contributed by atoms with Crippen LogP contribution in [0.25, 0.3) is 0 Å². The van der Waals surface area contributed by atoms with Gasteiger partial charge in [-0.2, -0.15) is 26.3 Å². The number of piperazine rings is 1. The van der Waals surface area contributed by atoms with Gasteiger partial charge in [0.15, 0.2) is 0 Å². The van der Waals surface area contributed by atoms with Crippen molar-refractivity contribution in [1.29, 1.82) is 0 Å². The molecular weight excluding hydrogens is 607 g/mol. The van der Waals surface area contributed by atoms with E-state index in [1.807, 2.05) is 0 Å². The van der Waals surface area contributed by atoms with Crippen LogP contribution in [0.4, 0.5) is 35.5 Å². The lowest BCUT2D eigenvalue weighted by atomic mass is 9.80. The number of halogens is 7. The van der Waals surface area contributed by atoms with Crippen LogP contribution in [0.5, 0.6) is 0 Å². The lowest BCUT2D eigenvalue weighted by molar-refractivity contribution is -0.143. The molecule has 2 aromatic rings. The molecule has 1 aliphatic carbocycles. The highest BCUT2D eigenvalue weighted by Gasteiger charge is 2.39. The second-order valence-electron chi connectivity index (χ2n) is 12.4. The predicted octanol–water partition coefficient (Wildman–Crippen LogP) is 7.92. The van der Waals surface area contributed by atoms with Gasteiger partial charge in [-0.15, -0.1) is 0 Å². The van der Waals surface area contributed by atoms with Crippen molar-refractivity contribution in [2.45, 2.75) is 70.4 Å². The van der Waals surface area contributed by atoms with Crippen LogP contribution in [0, 0.1) is 24.6 Å². The average Bonchev–Trinajstić information content (AvgIpc) is 2.95. The minimum Gasteiger partial charge on any atom is -0.481 e. The minimum absolute atomic E-state index is 0.0588. The number of urea groups is 1. The highest BCUT2D eigenvalue weighted by atomic mass is 19.4. The quantitative estimate of drug-likeness (QED) is 0.311. The van der Waals surface area contributed by atoms with Crippen LogP contribution in [-0.4, -0.2) is 65.0 Å². The van der Waals surface area contributed by atoms with E-state index >= 15 is 0 Å². The van der Waals surface area contributed by atoms with E-state index in [2.05, 4.69) is 4.90 Å². The normalized spacial score (nSPS) is 22.3. The fourth-order valence-corrected chi connectivity index (χ4v) is 6.56. The monoisotopic (exact) mass is 645 g/mol. The molecule has 1 saturated heterocycles. The van der Waals surface area contributed by atoms with Gasteiger partial charge in [-0.3, -0.25) is 9.69 Å². The summed E-state index contributed by atoms with van der Waals surface area (Å²) in [5, 5.41) is 9.11. The molecule has 2 aliphatic rings. The predicted molar refractivity (Wildman–Crippen MR) is 153 cm³/mol. The van der Waals surface area contributed by atoms with E-state index < -0.39 is 53.4 Å². The molecule has 2 amide bonds. The molecule has 1 aliphatic heterocycles. The van der Waals surface area contributed by atoms with Gasteiger partial charge in [0.25, 0.3) is 0 Å². The Morgan fingerprint density at radius 1 is 0.933 bits per heavy atom. The Morgan fingerprint density at radius 2 is 1.51 bits per heavy atom. The van der Waals surface area contributed by atoms with Gasteiger partial charge in [0, 0.05) is 39.6 Å². The third-order valence-corrected chi connectivity index (χ3v) is 9.22. The first-order valence-corrected chi connectivity index (χ1v) is 15.0. The Hall–Kier alpha value is -3.35. The molecule has 2 atom stereocenters. The maximum atomic E-state index is 14.0. The van der Waals surface area contributed by atoms with Gasteiger partial charge in [0.2, 0.25) is 0 Å². The molecule has 0 spiro atoms. The van der Waals surface area contributed by atoms with E-state index in [0.29, 0.717) is 42.3 Å². The van der Waals surface area contributed by atoms with E-state index in [-0.39, 0.29) is 30.5 Å². The van der Waals surface area contributed by atoms with Crippen molar-refractivity contribution in [3.63, 3.8) is 0 Å². The molecule has 1 N–H and O–H groups in total. The summed E-state index contributed by atoms with van der Waals surface area (Å²) >= 11 is 0. The number of carboxylic acid groups (broad SMARTS) is 1. The number of carboxylic acids is 1. The third kappa shape index (κ3) is 8.47. The zero-order valence-electron chi connectivity index (χ0n) is 25.4. The van der Waals surface area contributed by atoms with Crippen LogP contribution in [0.15, 0.2) is 36.4 Å². The molecular formula is C32H38F7N3O3. The zero-order valence-corrected chi connectivity index (χ0v) is 25.4. The fourth-order valence-electron chi connectivity index (χ4n) is 6.56.